The van der Waals surface area contributed by atoms with E-state index in [-0.39, 0.29) is 5.91 Å². The van der Waals surface area contributed by atoms with Gasteiger partial charge >= 0.3 is 5.97 Å². The number of esters is 1. The molecule has 6 heteroatoms. The lowest BCUT2D eigenvalue weighted by molar-refractivity contribution is -0.117. The average Bonchev–Trinajstić information content (AvgIpc) is 2.63. The molecule has 1 rings (SSSR count). The van der Waals surface area contributed by atoms with Crippen molar-refractivity contribution in [3.05, 3.63) is 16.0 Å². The van der Waals surface area contributed by atoms with Gasteiger partial charge in [0.05, 0.1) is 18.7 Å². The Morgan fingerprint density at radius 3 is 2.56 bits per heavy atom. The minimum atomic E-state index is -0.571. The van der Waals surface area contributed by atoms with Crippen molar-refractivity contribution in [2.45, 2.75) is 33.2 Å². The Kier molecular flexibility index (Phi) is 4.86. The minimum Gasteiger partial charge on any atom is -0.465 e. The molecular weight excluding hydrogens is 252 g/mol. The quantitative estimate of drug-likeness (QED) is 0.818. The van der Waals surface area contributed by atoms with Gasteiger partial charge in [-0.25, -0.2) is 4.79 Å². The Balaban J connectivity index is 3.06. The average molecular weight is 270 g/mol. The first-order chi connectivity index (χ1) is 8.42. The van der Waals surface area contributed by atoms with Crippen molar-refractivity contribution in [1.82, 2.24) is 0 Å². The molecule has 1 aromatic heterocycles. The molecule has 0 unspecified atom stereocenters. The van der Waals surface area contributed by atoms with Gasteiger partial charge in [-0.1, -0.05) is 6.92 Å². The Bertz CT molecular complexity index is 468. The van der Waals surface area contributed by atoms with E-state index in [0.717, 1.165) is 10.4 Å². The minimum absolute atomic E-state index is 0.288. The fourth-order valence-electron chi connectivity index (χ4n) is 1.45. The second-order valence-corrected chi connectivity index (χ2v) is 5.21. The van der Waals surface area contributed by atoms with E-state index in [1.165, 1.54) is 18.4 Å². The van der Waals surface area contributed by atoms with Crippen LogP contribution in [0.2, 0.25) is 0 Å². The third kappa shape index (κ3) is 2.88. The number of carbonyl (C=O) groups is 2. The van der Waals surface area contributed by atoms with Crippen LogP contribution < -0.4 is 11.1 Å². The zero-order valence-corrected chi connectivity index (χ0v) is 11.8. The summed E-state index contributed by atoms with van der Waals surface area (Å²) in [7, 11) is 1.32. The van der Waals surface area contributed by atoms with E-state index in [4.69, 9.17) is 10.5 Å². The first-order valence-corrected chi connectivity index (χ1v) is 6.48. The molecule has 1 amide bonds. The molecule has 0 saturated heterocycles. The number of hydrogen-bond acceptors (Lipinski definition) is 5. The van der Waals surface area contributed by atoms with Crippen LogP contribution in [0.5, 0.6) is 0 Å². The van der Waals surface area contributed by atoms with E-state index >= 15 is 0 Å². The standard InChI is InChI=1S/C12H18N2O3S/c1-5-8(13)10(15)14-11-9(12(16)17-4)6(2)7(3)18-11/h8H,5,13H2,1-4H3,(H,14,15)/t8-/m0/s1. The zero-order chi connectivity index (χ0) is 13.9. The summed E-state index contributed by atoms with van der Waals surface area (Å²) in [6.07, 6.45) is 0.544. The number of methoxy groups -OCH3 is 1. The summed E-state index contributed by atoms with van der Waals surface area (Å²) in [6.45, 7) is 5.55. The van der Waals surface area contributed by atoms with Crippen LogP contribution in [0, 0.1) is 13.8 Å². The lowest BCUT2D eigenvalue weighted by atomic mass is 10.1. The molecule has 0 aliphatic rings. The molecule has 18 heavy (non-hydrogen) atoms. The fraction of sp³-hybridized carbons (Fsp3) is 0.500. The van der Waals surface area contributed by atoms with Crippen molar-refractivity contribution in [1.29, 1.82) is 0 Å². The summed E-state index contributed by atoms with van der Waals surface area (Å²) in [5, 5.41) is 3.20. The van der Waals surface area contributed by atoms with Gasteiger partial charge in [-0.3, -0.25) is 4.79 Å². The molecule has 0 aromatic carbocycles. The van der Waals surface area contributed by atoms with Crippen LogP contribution >= 0.6 is 11.3 Å². The van der Waals surface area contributed by atoms with Gasteiger partial charge in [-0.15, -0.1) is 11.3 Å². The van der Waals surface area contributed by atoms with Gasteiger partial charge in [-0.2, -0.15) is 0 Å². The Labute approximate surface area is 110 Å². The lowest BCUT2D eigenvalue weighted by Gasteiger charge is -2.10. The van der Waals surface area contributed by atoms with Crippen LogP contribution in [0.3, 0.4) is 0 Å². The van der Waals surface area contributed by atoms with Gasteiger partial charge in [0, 0.05) is 4.88 Å². The number of carbonyl (C=O) groups excluding carboxylic acids is 2. The number of rotatable bonds is 4. The molecule has 1 aromatic rings. The van der Waals surface area contributed by atoms with Crippen molar-refractivity contribution in [3.8, 4) is 0 Å². The second kappa shape index (κ2) is 5.97. The highest BCUT2D eigenvalue weighted by atomic mass is 32.1. The molecule has 1 atom stereocenters. The Morgan fingerprint density at radius 2 is 2.06 bits per heavy atom. The molecule has 3 N–H and O–H groups in total. The highest BCUT2D eigenvalue weighted by Crippen LogP contribution is 2.32. The molecule has 1 heterocycles. The normalized spacial score (nSPS) is 12.1. The Morgan fingerprint density at radius 1 is 1.44 bits per heavy atom. The number of hydrogen-bond donors (Lipinski definition) is 2. The van der Waals surface area contributed by atoms with E-state index in [2.05, 4.69) is 5.32 Å². The van der Waals surface area contributed by atoms with E-state index < -0.39 is 12.0 Å². The van der Waals surface area contributed by atoms with Gasteiger partial charge in [0.15, 0.2) is 0 Å². The lowest BCUT2D eigenvalue weighted by Crippen LogP contribution is -2.35. The van der Waals surface area contributed by atoms with Crippen LogP contribution in [0.1, 0.15) is 34.1 Å². The molecule has 0 spiro atoms. The number of anilines is 1. The number of nitrogens with two attached hydrogens (primary N) is 1. The zero-order valence-electron chi connectivity index (χ0n) is 11.0. The van der Waals surface area contributed by atoms with Crippen molar-refractivity contribution in [2.24, 2.45) is 5.73 Å². The smallest absolute Gasteiger partial charge is 0.341 e. The first kappa shape index (κ1) is 14.7. The van der Waals surface area contributed by atoms with Gasteiger partial charge in [0.25, 0.3) is 0 Å². The summed E-state index contributed by atoms with van der Waals surface area (Å²) in [5.41, 5.74) is 6.88. The summed E-state index contributed by atoms with van der Waals surface area (Å²) in [5.74, 6) is -0.735. The number of nitrogens with one attached hydrogen (secondary N) is 1. The van der Waals surface area contributed by atoms with Crippen LogP contribution in [0.15, 0.2) is 0 Å². The summed E-state index contributed by atoms with van der Waals surface area (Å²) >= 11 is 1.35. The maximum Gasteiger partial charge on any atom is 0.341 e. The van der Waals surface area contributed by atoms with Crippen LogP contribution in [-0.2, 0) is 9.53 Å². The third-order valence-corrected chi connectivity index (χ3v) is 3.91. The summed E-state index contributed by atoms with van der Waals surface area (Å²) in [4.78, 5) is 24.4. The van der Waals surface area contributed by atoms with Gasteiger partial charge in [-0.05, 0) is 25.8 Å². The van der Waals surface area contributed by atoms with Crippen LogP contribution in [0.25, 0.3) is 0 Å². The summed E-state index contributed by atoms with van der Waals surface area (Å²) < 4.78 is 4.72. The predicted molar refractivity (Wildman–Crippen MR) is 72.0 cm³/mol. The highest BCUT2D eigenvalue weighted by molar-refractivity contribution is 7.16. The topological polar surface area (TPSA) is 81.4 Å². The molecule has 0 aliphatic carbocycles. The van der Waals surface area contributed by atoms with Gasteiger partial charge < -0.3 is 15.8 Å². The largest absolute Gasteiger partial charge is 0.465 e. The SMILES string of the molecule is CC[C@H](N)C(=O)Nc1sc(C)c(C)c1C(=O)OC. The number of aryl methyl sites for hydroxylation is 1. The van der Waals surface area contributed by atoms with Crippen molar-refractivity contribution >= 4 is 28.2 Å². The summed E-state index contributed by atoms with van der Waals surface area (Å²) in [6, 6.07) is -0.571. The highest BCUT2D eigenvalue weighted by Gasteiger charge is 2.22. The molecule has 5 nitrogen and oxygen atoms in total. The van der Waals surface area contributed by atoms with Crippen LogP contribution in [0.4, 0.5) is 5.00 Å². The van der Waals surface area contributed by atoms with Gasteiger partial charge in [0.2, 0.25) is 5.91 Å². The van der Waals surface area contributed by atoms with E-state index in [9.17, 15) is 9.59 Å². The fourth-order valence-corrected chi connectivity index (χ4v) is 2.50. The predicted octanol–water partition coefficient (Wildman–Crippen LogP) is 1.83. The number of amides is 1. The van der Waals surface area contributed by atoms with Crippen LogP contribution in [-0.4, -0.2) is 25.0 Å². The van der Waals surface area contributed by atoms with Crippen molar-refractivity contribution in [3.63, 3.8) is 0 Å². The van der Waals surface area contributed by atoms with Crippen molar-refractivity contribution in [2.75, 3.05) is 12.4 Å². The molecule has 0 radical (unpaired) electrons. The number of ether oxygens (including phenoxy) is 1. The molecule has 100 valence electrons. The van der Waals surface area contributed by atoms with E-state index in [1.807, 2.05) is 20.8 Å². The second-order valence-electron chi connectivity index (χ2n) is 3.98. The first-order valence-electron chi connectivity index (χ1n) is 5.67. The third-order valence-electron chi connectivity index (χ3n) is 2.79. The molecule has 0 aliphatic heterocycles. The van der Waals surface area contributed by atoms with E-state index in [1.54, 1.807) is 0 Å². The van der Waals surface area contributed by atoms with E-state index in [0.29, 0.717) is 17.0 Å². The monoisotopic (exact) mass is 270 g/mol. The molecule has 0 bridgehead atoms. The molecule has 0 saturated carbocycles. The molecule has 0 fully saturated rings. The maximum absolute atomic E-state index is 11.7. The maximum atomic E-state index is 11.7. The number of thiophene rings is 1. The van der Waals surface area contributed by atoms with Gasteiger partial charge in [0.1, 0.15) is 5.00 Å². The van der Waals surface area contributed by atoms with Crippen molar-refractivity contribution < 1.29 is 14.3 Å². The Hall–Kier alpha value is -1.40. The molecular formula is C12H18N2O3S.